The monoisotopic (exact) mass is 1060 g/mol. The minimum absolute atomic E-state index is 0. The van der Waals surface area contributed by atoms with Crippen LogP contribution in [0.15, 0.2) is 200 Å². The maximum atomic E-state index is 12.4. The summed E-state index contributed by atoms with van der Waals surface area (Å²) >= 11 is 0. The van der Waals surface area contributed by atoms with Gasteiger partial charge in [0.1, 0.15) is 0 Å². The predicted octanol–water partition coefficient (Wildman–Crippen LogP) is 14.9. The van der Waals surface area contributed by atoms with E-state index in [0.717, 1.165) is 54.1 Å². The van der Waals surface area contributed by atoms with Crippen molar-refractivity contribution in [1.29, 1.82) is 0 Å². The van der Waals surface area contributed by atoms with E-state index >= 15 is 0 Å². The van der Waals surface area contributed by atoms with Crippen LogP contribution in [0, 0.1) is 69.6 Å². The fraction of sp³-hybridized carbons (Fsp3) is 0.0364. The molecule has 2 fully saturated rings. The first-order valence-corrected chi connectivity index (χ1v) is 22.8. The van der Waals surface area contributed by atoms with E-state index in [1.807, 2.05) is 30.3 Å². The molecule has 66 heavy (non-hydrogen) atoms. The molecule has 0 atom stereocenters. The average molecular weight is 1060 g/mol. The minimum Gasteiger partial charge on any atom is -0.658 e. The molecule has 2 aliphatic carbocycles. The second kappa shape index (κ2) is 27.6. The van der Waals surface area contributed by atoms with Crippen molar-refractivity contribution < 1.29 is 63.8 Å². The summed E-state index contributed by atoms with van der Waals surface area (Å²) in [4.78, 5) is 0. The van der Waals surface area contributed by atoms with Crippen LogP contribution in [0.2, 0.25) is 0 Å². The zero-order valence-corrected chi connectivity index (χ0v) is 39.6. The SMILES string of the molecule is FC(F)(F)c1ccc([N-]c2ccc(C(F)(F)F)cc2)cc1.[CH2-]c1ccccc1.[CH]1[CH][CH][C](P(c2ccccc2)c2ccccc2)[CH]1.[CH]1[CH][CH][C](P(c2ccccc2)c2ccccc2)[CH]1.[Fe+2].[Pd+2]. The summed E-state index contributed by atoms with van der Waals surface area (Å²) < 4.78 is 74.2. The summed E-state index contributed by atoms with van der Waals surface area (Å²) in [5.74, 6) is 0. The first-order valence-electron chi connectivity index (χ1n) is 20.1. The van der Waals surface area contributed by atoms with Crippen molar-refractivity contribution in [1.82, 2.24) is 0 Å². The standard InChI is InChI=1S/2C17H14P.C14H8F6N.C7H7.Fe.Pd/c2*1-3-9-15(10-4-1)18(17-13-7-8-14-17)16-11-5-2-6-12-16;15-13(16,17)9-1-5-11(6-2-9)21-12-7-3-10(4-8-12)14(18,19)20;1-7-5-3-2-4-6-7;;/h2*1-14H;1-8H;2-6H,1H2;;/q;;2*-1;2*+2. The Hall–Kier alpha value is -4.17. The van der Waals surface area contributed by atoms with Gasteiger partial charge in [0.15, 0.2) is 0 Å². The van der Waals surface area contributed by atoms with Crippen molar-refractivity contribution in [3.05, 3.63) is 292 Å². The number of hydrogen-bond donors (Lipinski definition) is 0. The van der Waals surface area contributed by atoms with Gasteiger partial charge in [-0.3, -0.25) is 0 Å². The van der Waals surface area contributed by atoms with Crippen LogP contribution in [0.25, 0.3) is 5.32 Å². The molecule has 2 aliphatic rings. The summed E-state index contributed by atoms with van der Waals surface area (Å²) in [6, 6.07) is 61.0. The van der Waals surface area contributed by atoms with E-state index in [2.05, 4.69) is 185 Å². The van der Waals surface area contributed by atoms with Crippen LogP contribution >= 0.6 is 15.8 Å². The van der Waals surface area contributed by atoms with E-state index in [1.54, 1.807) is 0 Å². The molecule has 0 amide bonds. The second-order valence-corrected chi connectivity index (χ2v) is 18.4. The third-order valence-corrected chi connectivity index (χ3v) is 14.2. The van der Waals surface area contributed by atoms with Gasteiger partial charge in [-0.05, 0) is 88.4 Å². The number of benzene rings is 7. The first kappa shape index (κ1) is 54.4. The van der Waals surface area contributed by atoms with Gasteiger partial charge in [-0.25, -0.2) is 0 Å². The number of alkyl halides is 6. The Labute approximate surface area is 413 Å². The van der Waals surface area contributed by atoms with Crippen LogP contribution in [0.5, 0.6) is 0 Å². The topological polar surface area (TPSA) is 14.1 Å². The molecule has 336 valence electrons. The summed E-state index contributed by atoms with van der Waals surface area (Å²) in [6.45, 7) is 3.72. The van der Waals surface area contributed by atoms with Crippen LogP contribution in [0.1, 0.15) is 16.7 Å². The minimum atomic E-state index is -4.44. The normalized spacial score (nSPS) is 13.7. The fourth-order valence-corrected chi connectivity index (χ4v) is 10.9. The maximum Gasteiger partial charge on any atom is 2.00 e. The Morgan fingerprint density at radius 1 is 0.348 bits per heavy atom. The van der Waals surface area contributed by atoms with Gasteiger partial charge in [-0.1, -0.05) is 176 Å². The molecule has 0 aliphatic heterocycles. The Kier molecular flexibility index (Phi) is 22.8. The summed E-state index contributed by atoms with van der Waals surface area (Å²) in [7, 11) is -0.818. The van der Waals surface area contributed by atoms with E-state index in [9.17, 15) is 26.3 Å². The van der Waals surface area contributed by atoms with Crippen LogP contribution in [-0.2, 0) is 49.8 Å². The van der Waals surface area contributed by atoms with E-state index in [-0.39, 0.29) is 48.9 Å². The smallest absolute Gasteiger partial charge is 0.658 e. The van der Waals surface area contributed by atoms with E-state index in [4.69, 9.17) is 0 Å². The molecule has 7 aromatic rings. The van der Waals surface area contributed by atoms with E-state index < -0.39 is 39.3 Å². The Morgan fingerprint density at radius 3 is 0.803 bits per heavy atom. The zero-order valence-electron chi connectivity index (χ0n) is 35.2. The molecule has 11 heteroatoms. The quantitative estimate of drug-likeness (QED) is 0.0623. The molecule has 9 rings (SSSR count). The third kappa shape index (κ3) is 17.2. The van der Waals surface area contributed by atoms with Crippen molar-refractivity contribution >= 4 is 48.4 Å². The predicted molar refractivity (Wildman–Crippen MR) is 255 cm³/mol. The molecule has 0 aromatic heterocycles. The van der Waals surface area contributed by atoms with Crippen molar-refractivity contribution in [2.75, 3.05) is 0 Å². The summed E-state index contributed by atoms with van der Waals surface area (Å²) in [5, 5.41) is 9.58. The molecule has 0 unspecified atom stereocenters. The van der Waals surface area contributed by atoms with Crippen molar-refractivity contribution in [3.8, 4) is 0 Å². The van der Waals surface area contributed by atoms with Gasteiger partial charge in [0, 0.05) is 11.3 Å². The van der Waals surface area contributed by atoms with E-state index in [0.29, 0.717) is 0 Å². The molecule has 0 N–H and O–H groups in total. The van der Waals surface area contributed by atoms with Gasteiger partial charge >= 0.3 is 49.8 Å². The van der Waals surface area contributed by atoms with Crippen molar-refractivity contribution in [3.63, 3.8) is 0 Å². The number of hydrogen-bond acceptors (Lipinski definition) is 0. The molecule has 7 aromatic carbocycles. The largest absolute Gasteiger partial charge is 2.00 e. The second-order valence-electron chi connectivity index (χ2n) is 14.0. The molecule has 0 bridgehead atoms. The number of halogens is 6. The van der Waals surface area contributed by atoms with Gasteiger partial charge < -0.3 is 5.32 Å². The summed E-state index contributed by atoms with van der Waals surface area (Å²) in [6.07, 6.45) is 8.52. The maximum absolute atomic E-state index is 12.4. The average Bonchev–Trinajstić information content (AvgIpc) is 4.05. The molecule has 0 heterocycles. The van der Waals surface area contributed by atoms with Crippen molar-refractivity contribution in [2.24, 2.45) is 0 Å². The first-order chi connectivity index (χ1) is 31.0. The zero-order chi connectivity index (χ0) is 45.2. The number of rotatable bonds is 8. The molecular formula is C55H43F6FeNP2Pd+2. The Morgan fingerprint density at radius 2 is 0.591 bits per heavy atom. The molecule has 0 saturated heterocycles. The Bertz CT molecular complexity index is 2120. The molecule has 10 radical (unpaired) electrons. The molecular weight excluding hydrogens is 1010 g/mol. The van der Waals surface area contributed by atoms with Gasteiger partial charge in [0.2, 0.25) is 0 Å². The van der Waals surface area contributed by atoms with Gasteiger partial charge in [0.05, 0.1) is 11.1 Å². The fourth-order valence-electron chi connectivity index (χ4n) is 6.31. The van der Waals surface area contributed by atoms with Crippen LogP contribution in [0.4, 0.5) is 37.7 Å². The molecule has 0 spiro atoms. The van der Waals surface area contributed by atoms with Gasteiger partial charge in [0.25, 0.3) is 0 Å². The third-order valence-electron chi connectivity index (χ3n) is 9.35. The van der Waals surface area contributed by atoms with Crippen LogP contribution in [-0.4, -0.2) is 0 Å². The molecule has 2 saturated carbocycles. The van der Waals surface area contributed by atoms with Gasteiger partial charge in [-0.2, -0.15) is 51.0 Å². The van der Waals surface area contributed by atoms with Crippen molar-refractivity contribution in [2.45, 2.75) is 12.4 Å². The Balaban J connectivity index is 0.000000199. The molecule has 1 nitrogen and oxygen atoms in total. The van der Waals surface area contributed by atoms with Crippen LogP contribution in [0.3, 0.4) is 0 Å². The summed E-state index contributed by atoms with van der Waals surface area (Å²) in [5.41, 5.74) is 2.74. The van der Waals surface area contributed by atoms with Gasteiger partial charge in [-0.15, -0.1) is 23.5 Å². The van der Waals surface area contributed by atoms with E-state index in [1.165, 1.54) is 32.5 Å². The van der Waals surface area contributed by atoms with Crippen LogP contribution < -0.4 is 21.2 Å². The number of nitrogens with zero attached hydrogens (tertiary/aromatic N) is 1.